The smallest absolute Gasteiger partial charge is 0.305 e. The number of esters is 2. The van der Waals surface area contributed by atoms with Gasteiger partial charge in [0, 0.05) is 52.6 Å². The van der Waals surface area contributed by atoms with Gasteiger partial charge in [-0.25, -0.2) is 0 Å². The summed E-state index contributed by atoms with van der Waals surface area (Å²) >= 11 is 6.11. The summed E-state index contributed by atoms with van der Waals surface area (Å²) in [4.78, 5) is 57.5. The minimum Gasteiger partial charge on any atom is -0.465 e. The van der Waals surface area contributed by atoms with Gasteiger partial charge in [-0.2, -0.15) is 0 Å². The molecule has 2 rings (SSSR count). The number of ether oxygens (including phenoxy) is 3. The molecule has 17 heteroatoms. The van der Waals surface area contributed by atoms with Gasteiger partial charge in [-0.1, -0.05) is 17.7 Å². The summed E-state index contributed by atoms with van der Waals surface area (Å²) in [5.41, 5.74) is -3.49. The molecule has 2 atom stereocenters. The van der Waals surface area contributed by atoms with E-state index in [1.165, 1.54) is 26.8 Å². The van der Waals surface area contributed by atoms with Crippen molar-refractivity contribution in [3.63, 3.8) is 0 Å². The molecular formula is C24H29ClN6O10. The van der Waals surface area contributed by atoms with Gasteiger partial charge in [0.15, 0.2) is 5.69 Å². The zero-order chi connectivity index (χ0) is 30.7. The number of benzene rings is 1. The van der Waals surface area contributed by atoms with Gasteiger partial charge in [-0.15, -0.1) is 10.2 Å². The lowest BCUT2D eigenvalue weighted by molar-refractivity contribution is -0.393. The van der Waals surface area contributed by atoms with Gasteiger partial charge < -0.3 is 19.5 Å². The minimum atomic E-state index is -1.77. The molecular weight excluding hydrogens is 568 g/mol. The van der Waals surface area contributed by atoms with E-state index in [-0.39, 0.29) is 38.6 Å². The third-order valence-corrected chi connectivity index (χ3v) is 5.73. The van der Waals surface area contributed by atoms with Crippen LogP contribution >= 0.6 is 11.6 Å². The second kappa shape index (κ2) is 14.9. The standard InChI is InChI=1S/C24H29ClN6O10/c1-5-41-24(28-27-23-20(25)12-19(30(35)36)13-21(23)31(37)38)7-6-18(14-22(24)26-15(2)32)29(8-10-39-16(3)33)9-11-40-17(4)34/h6-7,12-14,18H,5,8-11H2,1-4H3,(H,26,32). The van der Waals surface area contributed by atoms with E-state index in [4.69, 9.17) is 25.8 Å². The molecule has 0 spiro atoms. The average Bonchev–Trinajstić information content (AvgIpc) is 2.87. The molecule has 0 radical (unpaired) electrons. The molecule has 0 fully saturated rings. The third kappa shape index (κ3) is 9.40. The second-order valence-electron chi connectivity index (χ2n) is 8.47. The number of halogens is 1. The topological polar surface area (TPSA) is 205 Å². The Balaban J connectivity index is 2.55. The van der Waals surface area contributed by atoms with Gasteiger partial charge in [-0.05, 0) is 19.1 Å². The Labute approximate surface area is 239 Å². The third-order valence-electron chi connectivity index (χ3n) is 5.44. The highest BCUT2D eigenvalue weighted by atomic mass is 35.5. The molecule has 1 aromatic rings. The highest BCUT2D eigenvalue weighted by molar-refractivity contribution is 6.33. The number of non-ortho nitro benzene ring substituents is 1. The predicted octanol–water partition coefficient (Wildman–Crippen LogP) is 3.36. The largest absolute Gasteiger partial charge is 0.465 e. The first-order chi connectivity index (χ1) is 19.3. The fourth-order valence-electron chi connectivity index (χ4n) is 3.74. The van der Waals surface area contributed by atoms with Crippen molar-refractivity contribution in [1.82, 2.24) is 10.2 Å². The Hall–Kier alpha value is -4.28. The molecule has 0 aliphatic heterocycles. The molecule has 0 aromatic heterocycles. The summed E-state index contributed by atoms with van der Waals surface area (Å²) in [5, 5.41) is 33.1. The lowest BCUT2D eigenvalue weighted by Gasteiger charge is -2.36. The van der Waals surface area contributed by atoms with E-state index in [2.05, 4.69) is 15.5 Å². The molecule has 0 heterocycles. The lowest BCUT2D eigenvalue weighted by atomic mass is 9.98. The Bertz CT molecular complexity index is 1260. The first kappa shape index (κ1) is 32.9. The van der Waals surface area contributed by atoms with Gasteiger partial charge in [-0.3, -0.25) is 39.5 Å². The fraction of sp³-hybridized carbons (Fsp3) is 0.458. The molecule has 1 N–H and O–H groups in total. The predicted molar refractivity (Wildman–Crippen MR) is 143 cm³/mol. The number of rotatable bonds is 14. The molecule has 1 amide bonds. The minimum absolute atomic E-state index is 0.0294. The van der Waals surface area contributed by atoms with Crippen LogP contribution < -0.4 is 5.32 Å². The number of hydrogen-bond donors (Lipinski definition) is 1. The van der Waals surface area contributed by atoms with Gasteiger partial charge in [0.05, 0.1) is 26.6 Å². The van der Waals surface area contributed by atoms with Crippen molar-refractivity contribution in [2.45, 2.75) is 39.5 Å². The van der Waals surface area contributed by atoms with Crippen LogP contribution in [-0.2, 0) is 28.6 Å². The molecule has 0 bridgehead atoms. The first-order valence-electron chi connectivity index (χ1n) is 12.2. The molecule has 2 unspecified atom stereocenters. The van der Waals surface area contributed by atoms with Gasteiger partial charge in [0.25, 0.3) is 5.69 Å². The quantitative estimate of drug-likeness (QED) is 0.108. The van der Waals surface area contributed by atoms with Gasteiger partial charge >= 0.3 is 17.6 Å². The summed E-state index contributed by atoms with van der Waals surface area (Å²) in [5.74, 6) is -1.45. The normalized spacial score (nSPS) is 18.2. The van der Waals surface area contributed by atoms with Gasteiger partial charge in [0.1, 0.15) is 13.2 Å². The van der Waals surface area contributed by atoms with Crippen LogP contribution in [-0.4, -0.2) is 77.3 Å². The van der Waals surface area contributed by atoms with E-state index in [1.807, 2.05) is 0 Å². The zero-order valence-corrected chi connectivity index (χ0v) is 23.5. The van der Waals surface area contributed by atoms with E-state index in [0.29, 0.717) is 6.07 Å². The Kier molecular flexibility index (Phi) is 12.0. The molecule has 1 aromatic carbocycles. The number of azo groups is 1. The Morgan fingerprint density at radius 2 is 1.68 bits per heavy atom. The number of carbonyl (C=O) groups excluding carboxylic acids is 3. The SMILES string of the molecule is CCOC1(N=Nc2c(Cl)cc([N+](=O)[O-])cc2[N+](=O)[O-])C=CC(N(CCOC(C)=O)CCOC(C)=O)C=C1NC(C)=O. The van der Waals surface area contributed by atoms with Crippen molar-refractivity contribution < 1.29 is 38.4 Å². The van der Waals surface area contributed by atoms with E-state index in [1.54, 1.807) is 24.0 Å². The molecule has 0 saturated carbocycles. The summed E-state index contributed by atoms with van der Waals surface area (Å²) in [6.45, 7) is 6.00. The van der Waals surface area contributed by atoms with Gasteiger partial charge in [0.2, 0.25) is 11.6 Å². The van der Waals surface area contributed by atoms with Crippen LogP contribution in [0.3, 0.4) is 0 Å². The van der Waals surface area contributed by atoms with Crippen LogP contribution in [0.2, 0.25) is 5.02 Å². The highest BCUT2D eigenvalue weighted by Gasteiger charge is 2.38. The summed E-state index contributed by atoms with van der Waals surface area (Å²) in [6, 6.07) is 1.07. The van der Waals surface area contributed by atoms with Crippen molar-refractivity contribution in [2.75, 3.05) is 32.9 Å². The fourth-order valence-corrected chi connectivity index (χ4v) is 3.98. The first-order valence-corrected chi connectivity index (χ1v) is 12.6. The number of amides is 1. The number of carbonyl (C=O) groups is 3. The molecule has 41 heavy (non-hydrogen) atoms. The Morgan fingerprint density at radius 1 is 1.07 bits per heavy atom. The maximum Gasteiger partial charge on any atom is 0.305 e. The van der Waals surface area contributed by atoms with Crippen LogP contribution in [0.1, 0.15) is 27.7 Å². The van der Waals surface area contributed by atoms with Crippen LogP contribution in [0.15, 0.2) is 46.3 Å². The van der Waals surface area contributed by atoms with Crippen LogP contribution in [0.25, 0.3) is 0 Å². The molecule has 1 aliphatic rings. The van der Waals surface area contributed by atoms with Crippen molar-refractivity contribution in [2.24, 2.45) is 10.2 Å². The van der Waals surface area contributed by atoms with E-state index in [0.717, 1.165) is 6.07 Å². The van der Waals surface area contributed by atoms with E-state index >= 15 is 0 Å². The van der Waals surface area contributed by atoms with Crippen molar-refractivity contribution in [3.8, 4) is 0 Å². The van der Waals surface area contributed by atoms with Crippen LogP contribution in [0, 0.1) is 20.2 Å². The number of nitro groups is 2. The van der Waals surface area contributed by atoms with Crippen molar-refractivity contribution >= 4 is 46.5 Å². The van der Waals surface area contributed by atoms with Crippen LogP contribution in [0.5, 0.6) is 0 Å². The summed E-state index contributed by atoms with van der Waals surface area (Å²) < 4.78 is 15.9. The molecule has 16 nitrogen and oxygen atoms in total. The number of nitrogens with one attached hydrogen (secondary N) is 1. The molecule has 222 valence electrons. The number of nitrogens with zero attached hydrogens (tertiary/aromatic N) is 5. The maximum atomic E-state index is 12.1. The van der Waals surface area contributed by atoms with Crippen molar-refractivity contribution in [1.29, 1.82) is 0 Å². The average molecular weight is 597 g/mol. The molecule has 1 aliphatic carbocycles. The van der Waals surface area contributed by atoms with Crippen LogP contribution in [0.4, 0.5) is 17.1 Å². The second-order valence-corrected chi connectivity index (χ2v) is 8.87. The van der Waals surface area contributed by atoms with Crippen molar-refractivity contribution in [3.05, 3.63) is 61.3 Å². The summed E-state index contributed by atoms with van der Waals surface area (Å²) in [6.07, 6.45) is 4.70. The van der Waals surface area contributed by atoms with E-state index < -0.39 is 61.5 Å². The highest BCUT2D eigenvalue weighted by Crippen LogP contribution is 2.40. The lowest BCUT2D eigenvalue weighted by Crippen LogP contribution is -2.46. The summed E-state index contributed by atoms with van der Waals surface area (Å²) in [7, 11) is 0. The number of nitro benzene ring substituents is 2. The van der Waals surface area contributed by atoms with E-state index in [9.17, 15) is 34.6 Å². The number of hydrogen-bond acceptors (Lipinski definition) is 13. The molecule has 0 saturated heterocycles. The Morgan fingerprint density at radius 3 is 2.17 bits per heavy atom. The maximum absolute atomic E-state index is 12.1. The zero-order valence-electron chi connectivity index (χ0n) is 22.7. The monoisotopic (exact) mass is 596 g/mol.